The number of carbonyl (C=O) groups excluding carboxylic acids is 2. The van der Waals surface area contributed by atoms with E-state index in [4.69, 9.17) is 53.8 Å². The number of ether oxygens (including phenoxy) is 4. The first-order valence-corrected chi connectivity index (χ1v) is 12.1. The topological polar surface area (TPSA) is 91.3 Å². The standard InChI is InChI=1S/C25H29Cl3O7/c1-15(29)32-12-19(31)13-33-20-7-5-17(6-8-20)25(3,4)18-9-22(27)24(23(28)10-18)34-14-21(11-26)35-16(2)30/h5-10,19,21,31H,11-14H2,1-4H3/t19-,21+/m1/s1. The lowest BCUT2D eigenvalue weighted by atomic mass is 9.78. The summed E-state index contributed by atoms with van der Waals surface area (Å²) in [6.07, 6.45) is -1.55. The van der Waals surface area contributed by atoms with E-state index in [0.29, 0.717) is 15.8 Å². The molecule has 2 aromatic rings. The number of alkyl halides is 1. The monoisotopic (exact) mass is 546 g/mol. The summed E-state index contributed by atoms with van der Waals surface area (Å²) in [5.74, 6) is 0.00392. The average molecular weight is 548 g/mol. The van der Waals surface area contributed by atoms with Crippen LogP contribution in [0, 0.1) is 0 Å². The number of aliphatic hydroxyl groups excluding tert-OH is 1. The van der Waals surface area contributed by atoms with Crippen molar-refractivity contribution in [2.45, 2.75) is 45.3 Å². The van der Waals surface area contributed by atoms with E-state index in [0.717, 1.165) is 11.1 Å². The van der Waals surface area contributed by atoms with Crippen molar-refractivity contribution < 1.29 is 33.6 Å². The van der Waals surface area contributed by atoms with E-state index in [9.17, 15) is 14.7 Å². The zero-order valence-corrected chi connectivity index (χ0v) is 22.2. The van der Waals surface area contributed by atoms with Gasteiger partial charge in [-0.15, -0.1) is 11.6 Å². The number of aliphatic hydroxyl groups is 1. The molecule has 0 heterocycles. The largest absolute Gasteiger partial charge is 0.491 e. The molecule has 2 rings (SSSR count). The van der Waals surface area contributed by atoms with Gasteiger partial charge in [-0.2, -0.15) is 0 Å². The van der Waals surface area contributed by atoms with Crippen LogP contribution >= 0.6 is 34.8 Å². The summed E-state index contributed by atoms with van der Waals surface area (Å²) in [5.41, 5.74) is 1.37. The molecule has 10 heteroatoms. The minimum atomic E-state index is -0.922. The second kappa shape index (κ2) is 13.2. The van der Waals surface area contributed by atoms with Crippen LogP contribution in [0.5, 0.6) is 11.5 Å². The molecular weight excluding hydrogens is 519 g/mol. The lowest BCUT2D eigenvalue weighted by Gasteiger charge is -2.27. The molecule has 0 aliphatic carbocycles. The summed E-state index contributed by atoms with van der Waals surface area (Å²) in [6, 6.07) is 10.9. The molecule has 0 radical (unpaired) electrons. The van der Waals surface area contributed by atoms with E-state index in [1.807, 2.05) is 26.0 Å². The van der Waals surface area contributed by atoms with Gasteiger partial charge in [0.25, 0.3) is 0 Å². The number of esters is 2. The Morgan fingerprint density at radius 1 is 0.914 bits per heavy atom. The maximum Gasteiger partial charge on any atom is 0.303 e. The smallest absolute Gasteiger partial charge is 0.303 e. The summed E-state index contributed by atoms with van der Waals surface area (Å²) in [7, 11) is 0. The maximum absolute atomic E-state index is 11.2. The molecular formula is C25H29Cl3O7. The summed E-state index contributed by atoms with van der Waals surface area (Å²) in [5, 5.41) is 10.5. The van der Waals surface area contributed by atoms with Crippen LogP contribution in [0.15, 0.2) is 36.4 Å². The molecule has 1 N–H and O–H groups in total. The molecule has 0 saturated carbocycles. The third-order valence-electron chi connectivity index (χ3n) is 5.14. The van der Waals surface area contributed by atoms with Crippen LogP contribution in [0.3, 0.4) is 0 Å². The van der Waals surface area contributed by atoms with Crippen molar-refractivity contribution >= 4 is 46.7 Å². The van der Waals surface area contributed by atoms with Crippen molar-refractivity contribution in [1.82, 2.24) is 0 Å². The highest BCUT2D eigenvalue weighted by atomic mass is 35.5. The first-order valence-electron chi connectivity index (χ1n) is 10.8. The first kappa shape index (κ1) is 29.0. The third kappa shape index (κ3) is 8.76. The van der Waals surface area contributed by atoms with Crippen molar-refractivity contribution in [1.29, 1.82) is 0 Å². The molecule has 0 aliphatic heterocycles. The molecule has 2 atom stereocenters. The fourth-order valence-corrected chi connectivity index (χ4v) is 3.92. The molecule has 2 aromatic carbocycles. The van der Waals surface area contributed by atoms with E-state index < -0.39 is 29.6 Å². The van der Waals surface area contributed by atoms with Crippen molar-refractivity contribution in [2.24, 2.45) is 0 Å². The minimum Gasteiger partial charge on any atom is -0.491 e. The number of hydrogen-bond acceptors (Lipinski definition) is 7. The van der Waals surface area contributed by atoms with Gasteiger partial charge in [-0.25, -0.2) is 0 Å². The molecule has 0 aliphatic rings. The Bertz CT molecular complexity index is 986. The van der Waals surface area contributed by atoms with Gasteiger partial charge in [-0.05, 0) is 35.4 Å². The Morgan fingerprint density at radius 2 is 1.51 bits per heavy atom. The number of benzene rings is 2. The summed E-state index contributed by atoms with van der Waals surface area (Å²) >= 11 is 18.8. The molecule has 0 spiro atoms. The summed E-state index contributed by atoms with van der Waals surface area (Å²) < 4.78 is 21.1. The van der Waals surface area contributed by atoms with Gasteiger partial charge >= 0.3 is 11.9 Å². The van der Waals surface area contributed by atoms with Crippen LogP contribution in [0.2, 0.25) is 10.0 Å². The first-order chi connectivity index (χ1) is 16.4. The lowest BCUT2D eigenvalue weighted by Crippen LogP contribution is -2.26. The van der Waals surface area contributed by atoms with E-state index in [1.54, 1.807) is 24.3 Å². The Morgan fingerprint density at radius 3 is 2.03 bits per heavy atom. The van der Waals surface area contributed by atoms with Gasteiger partial charge in [-0.3, -0.25) is 9.59 Å². The Balaban J connectivity index is 2.09. The second-order valence-corrected chi connectivity index (χ2v) is 9.51. The summed E-state index contributed by atoms with van der Waals surface area (Å²) in [6.45, 7) is 6.50. The average Bonchev–Trinajstić information content (AvgIpc) is 2.79. The quantitative estimate of drug-likeness (QED) is 0.289. The van der Waals surface area contributed by atoms with Crippen molar-refractivity contribution in [3.05, 3.63) is 57.6 Å². The highest BCUT2D eigenvalue weighted by Crippen LogP contribution is 2.40. The number of halogens is 3. The molecule has 0 amide bonds. The van der Waals surface area contributed by atoms with Crippen molar-refractivity contribution in [2.75, 3.05) is 25.7 Å². The molecule has 0 bridgehead atoms. The van der Waals surface area contributed by atoms with Crippen molar-refractivity contribution in [3.63, 3.8) is 0 Å². The predicted octanol–water partition coefficient (Wildman–Crippen LogP) is 5.17. The Labute approximate surface area is 220 Å². The summed E-state index contributed by atoms with van der Waals surface area (Å²) in [4.78, 5) is 22.0. The van der Waals surface area contributed by atoms with Gasteiger partial charge in [0.1, 0.15) is 37.8 Å². The molecule has 35 heavy (non-hydrogen) atoms. The van der Waals surface area contributed by atoms with Gasteiger partial charge in [0.15, 0.2) is 5.75 Å². The lowest BCUT2D eigenvalue weighted by molar-refractivity contribution is -0.146. The number of carbonyl (C=O) groups is 2. The SMILES string of the molecule is CC(=O)OC[C@@H](O)COc1ccc(C(C)(C)c2cc(Cl)c(OC[C@H](CCl)OC(C)=O)c(Cl)c2)cc1. The molecule has 0 unspecified atom stereocenters. The number of hydrogen-bond donors (Lipinski definition) is 1. The van der Waals surface area contributed by atoms with Crippen LogP contribution in [0.25, 0.3) is 0 Å². The maximum atomic E-state index is 11.2. The van der Waals surface area contributed by atoms with E-state index >= 15 is 0 Å². The fraction of sp³-hybridized carbons (Fsp3) is 0.440. The van der Waals surface area contributed by atoms with Crippen LogP contribution in [-0.2, 0) is 24.5 Å². The van der Waals surface area contributed by atoms with Gasteiger partial charge in [-0.1, -0.05) is 49.2 Å². The highest BCUT2D eigenvalue weighted by Gasteiger charge is 2.26. The Hall–Kier alpha value is -2.19. The third-order valence-corrected chi connectivity index (χ3v) is 6.04. The van der Waals surface area contributed by atoms with Crippen LogP contribution in [0.4, 0.5) is 0 Å². The molecule has 0 aromatic heterocycles. The zero-order valence-electron chi connectivity index (χ0n) is 20.0. The second-order valence-electron chi connectivity index (χ2n) is 8.38. The molecule has 0 saturated heterocycles. The minimum absolute atomic E-state index is 0.00920. The normalized spacial score (nSPS) is 13.0. The molecule has 192 valence electrons. The highest BCUT2D eigenvalue weighted by molar-refractivity contribution is 6.37. The number of rotatable bonds is 12. The molecule has 7 nitrogen and oxygen atoms in total. The zero-order chi connectivity index (χ0) is 26.2. The Kier molecular flexibility index (Phi) is 11.0. The van der Waals surface area contributed by atoms with Gasteiger partial charge in [0.2, 0.25) is 0 Å². The van der Waals surface area contributed by atoms with Crippen LogP contribution < -0.4 is 9.47 Å². The van der Waals surface area contributed by atoms with E-state index in [-0.39, 0.29) is 31.5 Å². The van der Waals surface area contributed by atoms with E-state index in [2.05, 4.69) is 0 Å². The van der Waals surface area contributed by atoms with Gasteiger partial charge in [0.05, 0.1) is 15.9 Å². The van der Waals surface area contributed by atoms with Crippen LogP contribution in [0.1, 0.15) is 38.8 Å². The predicted molar refractivity (Wildman–Crippen MR) is 135 cm³/mol. The van der Waals surface area contributed by atoms with Crippen LogP contribution in [-0.4, -0.2) is 55.0 Å². The molecule has 0 fully saturated rings. The van der Waals surface area contributed by atoms with Gasteiger partial charge < -0.3 is 24.1 Å². The van der Waals surface area contributed by atoms with Crippen molar-refractivity contribution in [3.8, 4) is 11.5 Å². The van der Waals surface area contributed by atoms with E-state index in [1.165, 1.54) is 13.8 Å². The fourth-order valence-electron chi connectivity index (χ4n) is 3.17. The van der Waals surface area contributed by atoms with Gasteiger partial charge in [0, 0.05) is 19.3 Å².